The second-order valence-electron chi connectivity index (χ2n) is 11.4. The monoisotopic (exact) mass is 602 g/mol. The number of thiazole rings is 1. The number of carboxylic acid groups (broad SMARTS) is 1. The van der Waals surface area contributed by atoms with Gasteiger partial charge in [-0.3, -0.25) is 9.97 Å². The van der Waals surface area contributed by atoms with Crippen molar-refractivity contribution in [2.45, 2.75) is 70.4 Å². The smallest absolute Gasteiger partial charge is 0.407 e. The Balaban J connectivity index is 1.55. The van der Waals surface area contributed by atoms with Crippen LogP contribution in [0.3, 0.4) is 0 Å². The van der Waals surface area contributed by atoms with E-state index in [4.69, 9.17) is 4.74 Å². The quantitative estimate of drug-likeness (QED) is 0.177. The predicted molar refractivity (Wildman–Crippen MR) is 167 cm³/mol. The number of alkyl carbamates (subject to hydrolysis) is 1. The number of hydrogen-bond acceptors (Lipinski definition) is 7. The molecule has 3 N–H and O–H groups in total. The molecule has 226 valence electrons. The molecule has 2 aromatic carbocycles. The summed E-state index contributed by atoms with van der Waals surface area (Å²) in [5, 5.41) is 24.7. The third-order valence-corrected chi connectivity index (χ3v) is 7.84. The average Bonchev–Trinajstić information content (AvgIpc) is 3.50. The summed E-state index contributed by atoms with van der Waals surface area (Å²) in [5.74, 6) is 0. The molecule has 0 saturated carbocycles. The van der Waals surface area contributed by atoms with Crippen molar-refractivity contribution in [3.63, 3.8) is 0 Å². The first-order valence-electron chi connectivity index (χ1n) is 14.2. The molecular weight excluding hydrogens is 564 g/mol. The van der Waals surface area contributed by atoms with Crippen LogP contribution in [0.5, 0.6) is 0 Å². The van der Waals surface area contributed by atoms with Crippen molar-refractivity contribution in [3.8, 4) is 11.3 Å². The van der Waals surface area contributed by atoms with Gasteiger partial charge in [0, 0.05) is 29.5 Å². The number of nitrogens with zero attached hydrogens (tertiary/aromatic N) is 3. The number of amides is 2. The van der Waals surface area contributed by atoms with Crippen LogP contribution in [0.15, 0.2) is 90.7 Å². The number of aliphatic hydroxyl groups excluding tert-OH is 1. The summed E-state index contributed by atoms with van der Waals surface area (Å²) in [5.41, 5.74) is 4.57. The number of nitrogens with one attached hydrogen (secondary N) is 1. The lowest BCUT2D eigenvalue weighted by atomic mass is 9.90. The van der Waals surface area contributed by atoms with Gasteiger partial charge in [-0.15, -0.1) is 11.3 Å². The zero-order chi connectivity index (χ0) is 30.8. The second-order valence-corrected chi connectivity index (χ2v) is 12.4. The van der Waals surface area contributed by atoms with Gasteiger partial charge in [-0.2, -0.15) is 0 Å². The summed E-state index contributed by atoms with van der Waals surface area (Å²) in [6.07, 6.45) is 1.37. The number of aromatic nitrogens is 2. The molecule has 2 aromatic heterocycles. The molecular formula is C33H38N4O5S. The molecule has 0 unspecified atom stereocenters. The lowest BCUT2D eigenvalue weighted by Gasteiger charge is -2.41. The maximum Gasteiger partial charge on any atom is 0.407 e. The fraction of sp³-hybridized carbons (Fsp3) is 0.333. The van der Waals surface area contributed by atoms with Crippen LogP contribution in [-0.2, 0) is 24.2 Å². The molecule has 0 spiro atoms. The molecule has 9 nitrogen and oxygen atoms in total. The Morgan fingerprint density at radius 1 is 0.977 bits per heavy atom. The predicted octanol–water partition coefficient (Wildman–Crippen LogP) is 6.18. The van der Waals surface area contributed by atoms with Crippen molar-refractivity contribution in [3.05, 3.63) is 107 Å². The number of hydrogen-bond donors (Lipinski definition) is 3. The molecule has 2 amide bonds. The van der Waals surface area contributed by atoms with E-state index < -0.39 is 35.9 Å². The van der Waals surface area contributed by atoms with Gasteiger partial charge >= 0.3 is 12.2 Å². The third-order valence-electron chi connectivity index (χ3n) is 7.09. The summed E-state index contributed by atoms with van der Waals surface area (Å²) >= 11 is 1.38. The van der Waals surface area contributed by atoms with Crippen molar-refractivity contribution >= 4 is 23.5 Å². The lowest BCUT2D eigenvalue weighted by molar-refractivity contribution is 0.0334. The highest BCUT2D eigenvalue weighted by atomic mass is 32.1. The number of benzene rings is 2. The first-order valence-corrected chi connectivity index (χ1v) is 15.0. The van der Waals surface area contributed by atoms with Gasteiger partial charge < -0.3 is 25.2 Å². The third kappa shape index (κ3) is 9.36. The van der Waals surface area contributed by atoms with Crippen molar-refractivity contribution in [1.82, 2.24) is 20.2 Å². The fourth-order valence-corrected chi connectivity index (χ4v) is 5.63. The van der Waals surface area contributed by atoms with Gasteiger partial charge in [0.25, 0.3) is 0 Å². The van der Waals surface area contributed by atoms with Crippen LogP contribution < -0.4 is 5.32 Å². The number of carbonyl (C=O) groups excluding carboxylic acids is 1. The van der Waals surface area contributed by atoms with Gasteiger partial charge in [0.05, 0.1) is 28.2 Å². The van der Waals surface area contributed by atoms with Gasteiger partial charge in [0.15, 0.2) is 0 Å². The molecule has 0 fully saturated rings. The number of aliphatic hydroxyl groups is 1. The molecule has 43 heavy (non-hydrogen) atoms. The molecule has 4 aromatic rings. The lowest BCUT2D eigenvalue weighted by Crippen LogP contribution is -2.55. The van der Waals surface area contributed by atoms with Crippen LogP contribution in [0, 0.1) is 0 Å². The van der Waals surface area contributed by atoms with E-state index in [2.05, 4.69) is 15.3 Å². The summed E-state index contributed by atoms with van der Waals surface area (Å²) < 4.78 is 5.39. The normalized spacial score (nSPS) is 13.5. The standard InChI is InChI=1S/C33H38N4O5S/c1-33(2,3)37(32(40)41)26(17-24-12-14-25(15-13-24)28-11-7-8-16-35-28)19-30(38)29(18-23-9-5-4-6-10-23)36-31(39)42-21-27-20-34-22-43-27/h4-16,20,22,26,29-30,38H,17-19,21H2,1-3H3,(H,36,39)(H,40,41)/t26-,29-,30-/m0/s1. The molecule has 3 atom stereocenters. The Morgan fingerprint density at radius 3 is 2.28 bits per heavy atom. The molecule has 0 bridgehead atoms. The van der Waals surface area contributed by atoms with E-state index >= 15 is 0 Å². The van der Waals surface area contributed by atoms with Gasteiger partial charge in [0.2, 0.25) is 0 Å². The number of rotatable bonds is 12. The van der Waals surface area contributed by atoms with Gasteiger partial charge in [-0.05, 0) is 63.3 Å². The second kappa shape index (κ2) is 14.8. The molecule has 4 rings (SSSR count). The highest BCUT2D eigenvalue weighted by Gasteiger charge is 2.36. The fourth-order valence-electron chi connectivity index (χ4n) is 5.13. The average molecular weight is 603 g/mol. The summed E-state index contributed by atoms with van der Waals surface area (Å²) in [4.78, 5) is 36.0. The summed E-state index contributed by atoms with van der Waals surface area (Å²) in [6, 6.07) is 21.8. The molecule has 10 heteroatoms. The number of pyridine rings is 1. The first kappa shape index (κ1) is 31.7. The van der Waals surface area contributed by atoms with Gasteiger partial charge in [-0.25, -0.2) is 9.59 Å². The summed E-state index contributed by atoms with van der Waals surface area (Å²) in [6.45, 7) is 5.57. The van der Waals surface area contributed by atoms with Crippen LogP contribution >= 0.6 is 11.3 Å². The Labute approximate surface area is 256 Å². The SMILES string of the molecule is CC(C)(C)N(C(=O)O)[C@@H](Cc1ccc(-c2ccccn2)cc1)C[C@H](O)[C@H](Cc1ccccc1)NC(=O)OCc1cncs1. The van der Waals surface area contributed by atoms with E-state index in [1.165, 1.54) is 16.2 Å². The van der Waals surface area contributed by atoms with Crippen LogP contribution in [0.2, 0.25) is 0 Å². The highest BCUT2D eigenvalue weighted by Crippen LogP contribution is 2.26. The Kier molecular flexibility index (Phi) is 10.9. The Bertz CT molecular complexity index is 1430. The van der Waals surface area contributed by atoms with Crippen LogP contribution in [0.1, 0.15) is 43.2 Å². The zero-order valence-corrected chi connectivity index (χ0v) is 25.4. The zero-order valence-electron chi connectivity index (χ0n) is 24.6. The largest absolute Gasteiger partial charge is 0.465 e. The number of carbonyl (C=O) groups is 2. The van der Waals surface area contributed by atoms with Crippen molar-refractivity contribution < 1.29 is 24.5 Å². The van der Waals surface area contributed by atoms with E-state index in [0.29, 0.717) is 12.8 Å². The van der Waals surface area contributed by atoms with Crippen molar-refractivity contribution in [2.24, 2.45) is 0 Å². The highest BCUT2D eigenvalue weighted by molar-refractivity contribution is 7.09. The maximum atomic E-state index is 12.8. The molecule has 0 radical (unpaired) electrons. The first-order chi connectivity index (χ1) is 20.6. The van der Waals surface area contributed by atoms with Crippen molar-refractivity contribution in [1.29, 1.82) is 0 Å². The van der Waals surface area contributed by atoms with E-state index in [-0.39, 0.29) is 13.0 Å². The van der Waals surface area contributed by atoms with Crippen LogP contribution in [0.4, 0.5) is 9.59 Å². The van der Waals surface area contributed by atoms with E-state index in [1.54, 1.807) is 17.9 Å². The minimum absolute atomic E-state index is 0.0680. The van der Waals surface area contributed by atoms with E-state index in [1.807, 2.05) is 93.6 Å². The Morgan fingerprint density at radius 2 is 1.67 bits per heavy atom. The van der Waals surface area contributed by atoms with E-state index in [9.17, 15) is 19.8 Å². The van der Waals surface area contributed by atoms with E-state index in [0.717, 1.165) is 27.3 Å². The molecule has 0 aliphatic carbocycles. The molecule has 2 heterocycles. The summed E-state index contributed by atoms with van der Waals surface area (Å²) in [7, 11) is 0. The van der Waals surface area contributed by atoms with Crippen molar-refractivity contribution in [2.75, 3.05) is 0 Å². The minimum atomic E-state index is -1.08. The minimum Gasteiger partial charge on any atom is -0.465 e. The maximum absolute atomic E-state index is 12.8. The Hall–Kier alpha value is -4.28. The van der Waals surface area contributed by atoms with Crippen LogP contribution in [0.25, 0.3) is 11.3 Å². The van der Waals surface area contributed by atoms with Gasteiger partial charge in [0.1, 0.15) is 6.61 Å². The topological polar surface area (TPSA) is 125 Å². The van der Waals surface area contributed by atoms with Gasteiger partial charge in [-0.1, -0.05) is 60.7 Å². The molecule has 0 saturated heterocycles. The molecule has 0 aliphatic heterocycles. The van der Waals surface area contributed by atoms with Crippen LogP contribution in [-0.4, -0.2) is 61.0 Å². The molecule has 0 aliphatic rings. The number of ether oxygens (including phenoxy) is 1.